The van der Waals surface area contributed by atoms with Crippen LogP contribution in [0.2, 0.25) is 0 Å². The Balaban J connectivity index is 2.06. The molecule has 0 radical (unpaired) electrons. The minimum atomic E-state index is -0.940. The van der Waals surface area contributed by atoms with E-state index in [-0.39, 0.29) is 11.9 Å². The Bertz CT molecular complexity index is 466. The second-order valence-electron chi connectivity index (χ2n) is 4.83. The molecule has 1 saturated carbocycles. The van der Waals surface area contributed by atoms with Crippen molar-refractivity contribution in [3.8, 4) is 5.75 Å². The maximum Gasteiger partial charge on any atom is 0.324 e. The molecule has 1 aliphatic carbocycles. The number of likely N-dealkylation sites (N-methyl/N-ethyl adjacent to an activating group) is 1. The Hall–Kier alpha value is -1.62. The molecule has 5 heteroatoms. The van der Waals surface area contributed by atoms with Gasteiger partial charge in [-0.25, -0.2) is 4.39 Å². The zero-order valence-corrected chi connectivity index (χ0v) is 10.9. The summed E-state index contributed by atoms with van der Waals surface area (Å²) in [7, 11) is 0. The Morgan fingerprint density at radius 3 is 2.95 bits per heavy atom. The number of nitrogens with one attached hydrogen (secondary N) is 1. The van der Waals surface area contributed by atoms with Crippen molar-refractivity contribution in [2.24, 2.45) is 0 Å². The minimum Gasteiger partial charge on any atom is -0.487 e. The molecular formula is C14H18FNO3. The highest BCUT2D eigenvalue weighted by molar-refractivity contribution is 5.79. The van der Waals surface area contributed by atoms with Gasteiger partial charge >= 0.3 is 5.97 Å². The van der Waals surface area contributed by atoms with Crippen LogP contribution in [-0.4, -0.2) is 29.3 Å². The standard InChI is InChI=1S/C14H18FNO3/c1-2-16-14(13(17)18)8-7-10(9-14)19-12-6-4-3-5-11(12)15/h3-6,10,16H,2,7-9H2,1H3,(H,17,18). The lowest BCUT2D eigenvalue weighted by atomic mass is 9.98. The molecule has 0 aromatic heterocycles. The number of ether oxygens (including phenoxy) is 1. The van der Waals surface area contributed by atoms with Gasteiger partial charge in [0.15, 0.2) is 11.6 Å². The average molecular weight is 267 g/mol. The van der Waals surface area contributed by atoms with E-state index >= 15 is 0 Å². The highest BCUT2D eigenvalue weighted by atomic mass is 19.1. The number of hydrogen-bond acceptors (Lipinski definition) is 3. The summed E-state index contributed by atoms with van der Waals surface area (Å²) >= 11 is 0. The van der Waals surface area contributed by atoms with Gasteiger partial charge in [0.25, 0.3) is 0 Å². The molecule has 0 aliphatic heterocycles. The van der Waals surface area contributed by atoms with Crippen molar-refractivity contribution in [3.63, 3.8) is 0 Å². The van der Waals surface area contributed by atoms with Gasteiger partial charge in [0.2, 0.25) is 0 Å². The Morgan fingerprint density at radius 2 is 2.32 bits per heavy atom. The minimum absolute atomic E-state index is 0.185. The van der Waals surface area contributed by atoms with Crippen LogP contribution < -0.4 is 10.1 Å². The molecule has 104 valence electrons. The van der Waals surface area contributed by atoms with E-state index in [0.29, 0.717) is 25.8 Å². The molecule has 0 heterocycles. The van der Waals surface area contributed by atoms with Crippen molar-refractivity contribution in [1.82, 2.24) is 5.32 Å². The normalized spacial score (nSPS) is 26.3. The number of aliphatic carboxylic acids is 1. The number of carbonyl (C=O) groups is 1. The predicted octanol–water partition coefficient (Wildman–Crippen LogP) is 2.19. The second-order valence-corrected chi connectivity index (χ2v) is 4.83. The first-order valence-corrected chi connectivity index (χ1v) is 6.47. The smallest absolute Gasteiger partial charge is 0.324 e. The summed E-state index contributed by atoms with van der Waals surface area (Å²) in [6, 6.07) is 6.18. The van der Waals surface area contributed by atoms with Crippen molar-refractivity contribution < 1.29 is 19.0 Å². The number of carboxylic acids is 1. The van der Waals surface area contributed by atoms with E-state index in [1.165, 1.54) is 6.07 Å². The number of benzene rings is 1. The molecule has 1 aliphatic rings. The van der Waals surface area contributed by atoms with Crippen molar-refractivity contribution >= 4 is 5.97 Å². The molecular weight excluding hydrogens is 249 g/mol. The van der Waals surface area contributed by atoms with Gasteiger partial charge in [-0.1, -0.05) is 19.1 Å². The monoisotopic (exact) mass is 267 g/mol. The number of para-hydroxylation sites is 1. The van der Waals surface area contributed by atoms with Crippen molar-refractivity contribution in [1.29, 1.82) is 0 Å². The Labute approximate surface area is 111 Å². The van der Waals surface area contributed by atoms with Crippen LogP contribution in [0.1, 0.15) is 26.2 Å². The van der Waals surface area contributed by atoms with Crippen LogP contribution in [0.3, 0.4) is 0 Å². The summed E-state index contributed by atoms with van der Waals surface area (Å²) in [6.45, 7) is 2.45. The van der Waals surface area contributed by atoms with E-state index < -0.39 is 17.3 Å². The Morgan fingerprint density at radius 1 is 1.58 bits per heavy atom. The van der Waals surface area contributed by atoms with Gasteiger partial charge in [-0.05, 0) is 31.5 Å². The number of carboxylic acid groups (broad SMARTS) is 1. The predicted molar refractivity (Wildman–Crippen MR) is 68.7 cm³/mol. The van der Waals surface area contributed by atoms with Gasteiger partial charge in [-0.2, -0.15) is 0 Å². The number of rotatable bonds is 5. The van der Waals surface area contributed by atoms with Gasteiger partial charge in [-0.3, -0.25) is 4.79 Å². The van der Waals surface area contributed by atoms with E-state index in [1.807, 2.05) is 6.92 Å². The third-order valence-electron chi connectivity index (χ3n) is 3.52. The largest absolute Gasteiger partial charge is 0.487 e. The molecule has 1 aromatic carbocycles. The van der Waals surface area contributed by atoms with Crippen LogP contribution in [0.15, 0.2) is 24.3 Å². The van der Waals surface area contributed by atoms with Crippen molar-refractivity contribution in [3.05, 3.63) is 30.1 Å². The van der Waals surface area contributed by atoms with E-state index in [9.17, 15) is 14.3 Å². The molecule has 0 saturated heterocycles. The highest BCUT2D eigenvalue weighted by Gasteiger charge is 2.46. The first kappa shape index (κ1) is 13.8. The molecule has 1 aromatic rings. The summed E-state index contributed by atoms with van der Waals surface area (Å²) in [5.41, 5.74) is -0.940. The van der Waals surface area contributed by atoms with Gasteiger partial charge in [0.05, 0.1) is 0 Å². The van der Waals surface area contributed by atoms with Crippen LogP contribution in [-0.2, 0) is 4.79 Å². The van der Waals surface area contributed by atoms with E-state index in [1.54, 1.807) is 18.2 Å². The van der Waals surface area contributed by atoms with Crippen molar-refractivity contribution in [2.45, 2.75) is 37.8 Å². The van der Waals surface area contributed by atoms with E-state index in [4.69, 9.17) is 4.74 Å². The molecule has 0 spiro atoms. The first-order chi connectivity index (χ1) is 9.07. The van der Waals surface area contributed by atoms with Crippen molar-refractivity contribution in [2.75, 3.05) is 6.54 Å². The number of halogens is 1. The molecule has 2 atom stereocenters. The fourth-order valence-corrected chi connectivity index (χ4v) is 2.59. The fourth-order valence-electron chi connectivity index (χ4n) is 2.59. The van der Waals surface area contributed by atoms with Crippen LogP contribution in [0, 0.1) is 5.82 Å². The summed E-state index contributed by atoms with van der Waals surface area (Å²) in [6.07, 6.45) is 1.18. The lowest BCUT2D eigenvalue weighted by molar-refractivity contribution is -0.144. The van der Waals surface area contributed by atoms with Gasteiger partial charge in [-0.15, -0.1) is 0 Å². The topological polar surface area (TPSA) is 58.6 Å². The zero-order chi connectivity index (χ0) is 13.9. The molecule has 4 nitrogen and oxygen atoms in total. The maximum absolute atomic E-state index is 13.5. The second kappa shape index (κ2) is 5.57. The van der Waals surface area contributed by atoms with Crippen LogP contribution in [0.5, 0.6) is 5.75 Å². The van der Waals surface area contributed by atoms with Crippen LogP contribution >= 0.6 is 0 Å². The summed E-state index contributed by atoms with van der Waals surface area (Å²) < 4.78 is 19.1. The maximum atomic E-state index is 13.5. The molecule has 19 heavy (non-hydrogen) atoms. The summed E-state index contributed by atoms with van der Waals surface area (Å²) in [5.74, 6) is -1.10. The lowest BCUT2D eigenvalue weighted by Crippen LogP contribution is -2.50. The first-order valence-electron chi connectivity index (χ1n) is 6.47. The summed E-state index contributed by atoms with van der Waals surface area (Å²) in [5, 5.41) is 12.4. The highest BCUT2D eigenvalue weighted by Crippen LogP contribution is 2.33. The molecule has 2 unspecified atom stereocenters. The average Bonchev–Trinajstić information content (AvgIpc) is 2.77. The van der Waals surface area contributed by atoms with E-state index in [0.717, 1.165) is 0 Å². The van der Waals surface area contributed by atoms with Gasteiger partial charge in [0, 0.05) is 6.42 Å². The molecule has 2 rings (SSSR count). The molecule has 1 fully saturated rings. The third-order valence-corrected chi connectivity index (χ3v) is 3.52. The summed E-state index contributed by atoms with van der Waals surface area (Å²) in [4.78, 5) is 11.4. The fraction of sp³-hybridized carbons (Fsp3) is 0.500. The molecule has 0 bridgehead atoms. The lowest BCUT2D eigenvalue weighted by Gasteiger charge is -2.25. The van der Waals surface area contributed by atoms with Crippen LogP contribution in [0.25, 0.3) is 0 Å². The van der Waals surface area contributed by atoms with Gasteiger partial charge < -0.3 is 15.2 Å². The van der Waals surface area contributed by atoms with Crippen LogP contribution in [0.4, 0.5) is 4.39 Å². The molecule has 2 N–H and O–H groups in total. The van der Waals surface area contributed by atoms with Gasteiger partial charge in [0.1, 0.15) is 11.6 Å². The quantitative estimate of drug-likeness (QED) is 0.858. The molecule has 0 amide bonds. The third kappa shape index (κ3) is 2.87. The Kier molecular flexibility index (Phi) is 4.04. The number of hydrogen-bond donors (Lipinski definition) is 2. The zero-order valence-electron chi connectivity index (χ0n) is 10.9. The SMILES string of the molecule is CCNC1(C(=O)O)CCC(Oc2ccccc2F)C1. The van der Waals surface area contributed by atoms with E-state index in [2.05, 4.69) is 5.32 Å².